The van der Waals surface area contributed by atoms with Gasteiger partial charge in [-0.15, -0.1) is 0 Å². The maximum absolute atomic E-state index is 13.3. The lowest BCUT2D eigenvalue weighted by Gasteiger charge is -2.03. The maximum Gasteiger partial charge on any atom is 0.290 e. The molecule has 0 N–H and O–H groups in total. The summed E-state index contributed by atoms with van der Waals surface area (Å²) in [5.41, 5.74) is 0.874. The topological polar surface area (TPSA) is 39.4 Å². The Hall–Kier alpha value is -2.10. The summed E-state index contributed by atoms with van der Waals surface area (Å²) in [5, 5.41) is 0. The molecule has 2 rings (SSSR count). The Kier molecular flexibility index (Phi) is 2.72. The molecule has 0 aliphatic heterocycles. The van der Waals surface area contributed by atoms with Gasteiger partial charge in [-0.3, -0.25) is 4.79 Å². The van der Waals surface area contributed by atoms with Gasteiger partial charge in [0.25, 0.3) is 5.95 Å². The van der Waals surface area contributed by atoms with Crippen LogP contribution in [-0.4, -0.2) is 6.29 Å². The lowest BCUT2D eigenvalue weighted by molar-refractivity contribution is 0.109. The van der Waals surface area contributed by atoms with Crippen molar-refractivity contribution in [3.05, 3.63) is 47.5 Å². The van der Waals surface area contributed by atoms with Crippen molar-refractivity contribution >= 4 is 6.29 Å². The second-order valence-corrected chi connectivity index (χ2v) is 3.31. The SMILES string of the molecule is Cc1ccc(F)c(Oc2ccc(C=O)o2)c1. The van der Waals surface area contributed by atoms with Gasteiger partial charge in [-0.2, -0.15) is 0 Å². The molecular weight excluding hydrogens is 211 g/mol. The third-order valence-electron chi connectivity index (χ3n) is 2.02. The Morgan fingerprint density at radius 1 is 1.31 bits per heavy atom. The Labute approximate surface area is 91.5 Å². The van der Waals surface area contributed by atoms with Gasteiger partial charge in [-0.25, -0.2) is 4.39 Å². The van der Waals surface area contributed by atoms with E-state index in [9.17, 15) is 9.18 Å². The third-order valence-corrected chi connectivity index (χ3v) is 2.02. The van der Waals surface area contributed by atoms with Crippen molar-refractivity contribution in [2.24, 2.45) is 0 Å². The second-order valence-electron chi connectivity index (χ2n) is 3.31. The van der Waals surface area contributed by atoms with Gasteiger partial charge in [0.15, 0.2) is 23.6 Å². The summed E-state index contributed by atoms with van der Waals surface area (Å²) in [6.45, 7) is 1.82. The van der Waals surface area contributed by atoms with E-state index in [0.29, 0.717) is 6.29 Å². The van der Waals surface area contributed by atoms with Crippen LogP contribution < -0.4 is 4.74 Å². The molecule has 16 heavy (non-hydrogen) atoms. The van der Waals surface area contributed by atoms with Crippen LogP contribution in [0.3, 0.4) is 0 Å². The first-order chi connectivity index (χ1) is 7.69. The highest BCUT2D eigenvalue weighted by Gasteiger charge is 2.08. The van der Waals surface area contributed by atoms with Crippen molar-refractivity contribution in [3.63, 3.8) is 0 Å². The molecular formula is C12H9FO3. The number of aryl methyl sites for hydroxylation is 1. The van der Waals surface area contributed by atoms with E-state index >= 15 is 0 Å². The highest BCUT2D eigenvalue weighted by atomic mass is 19.1. The molecule has 0 saturated heterocycles. The minimum atomic E-state index is -0.477. The number of hydrogen-bond acceptors (Lipinski definition) is 3. The van der Waals surface area contributed by atoms with Crippen molar-refractivity contribution in [2.75, 3.05) is 0 Å². The van der Waals surface area contributed by atoms with Gasteiger partial charge in [-0.05, 0) is 30.7 Å². The number of hydrogen-bond donors (Lipinski definition) is 0. The van der Waals surface area contributed by atoms with E-state index in [2.05, 4.69) is 0 Å². The average Bonchev–Trinajstić information content (AvgIpc) is 2.71. The number of carbonyl (C=O) groups is 1. The molecule has 0 aliphatic carbocycles. The molecule has 0 unspecified atom stereocenters. The van der Waals surface area contributed by atoms with Gasteiger partial charge in [0.05, 0.1) is 0 Å². The molecule has 0 amide bonds. The standard InChI is InChI=1S/C12H9FO3/c1-8-2-4-10(13)11(6-8)16-12-5-3-9(7-14)15-12/h2-7H,1H3. The van der Waals surface area contributed by atoms with Crippen LogP contribution in [0.1, 0.15) is 16.1 Å². The van der Waals surface area contributed by atoms with E-state index in [0.717, 1.165) is 5.56 Å². The molecule has 2 aromatic rings. The number of carbonyl (C=O) groups excluding carboxylic acids is 1. The summed E-state index contributed by atoms with van der Waals surface area (Å²) >= 11 is 0. The maximum atomic E-state index is 13.3. The molecule has 3 nitrogen and oxygen atoms in total. The van der Waals surface area contributed by atoms with Gasteiger partial charge in [0, 0.05) is 6.07 Å². The van der Waals surface area contributed by atoms with E-state index < -0.39 is 5.82 Å². The van der Waals surface area contributed by atoms with E-state index in [-0.39, 0.29) is 17.5 Å². The van der Waals surface area contributed by atoms with Crippen LogP contribution in [0.15, 0.2) is 34.7 Å². The summed E-state index contributed by atoms with van der Waals surface area (Å²) in [4.78, 5) is 10.4. The first kappa shape index (κ1) is 10.4. The van der Waals surface area contributed by atoms with Crippen LogP contribution in [0.4, 0.5) is 4.39 Å². The first-order valence-electron chi connectivity index (χ1n) is 4.68. The zero-order chi connectivity index (χ0) is 11.5. The average molecular weight is 220 g/mol. The summed E-state index contributed by atoms with van der Waals surface area (Å²) < 4.78 is 23.5. The van der Waals surface area contributed by atoms with Gasteiger partial charge in [0.1, 0.15) is 0 Å². The van der Waals surface area contributed by atoms with Gasteiger partial charge >= 0.3 is 0 Å². The van der Waals surface area contributed by atoms with E-state index in [1.165, 1.54) is 18.2 Å². The lowest BCUT2D eigenvalue weighted by Crippen LogP contribution is -1.87. The Morgan fingerprint density at radius 3 is 2.81 bits per heavy atom. The van der Waals surface area contributed by atoms with Gasteiger partial charge in [0.2, 0.25) is 0 Å². The smallest absolute Gasteiger partial charge is 0.290 e. The van der Waals surface area contributed by atoms with Gasteiger partial charge in [-0.1, -0.05) is 6.07 Å². The van der Waals surface area contributed by atoms with E-state index in [1.807, 2.05) is 6.92 Å². The van der Waals surface area contributed by atoms with Gasteiger partial charge < -0.3 is 9.15 Å². The highest BCUT2D eigenvalue weighted by Crippen LogP contribution is 2.26. The quantitative estimate of drug-likeness (QED) is 0.745. The fourth-order valence-electron chi connectivity index (χ4n) is 1.25. The monoisotopic (exact) mass is 220 g/mol. The van der Waals surface area contributed by atoms with Crippen LogP contribution in [0.25, 0.3) is 0 Å². The van der Waals surface area contributed by atoms with Crippen molar-refractivity contribution in [3.8, 4) is 11.7 Å². The molecule has 0 saturated carbocycles. The molecule has 1 aromatic carbocycles. The number of benzene rings is 1. The molecule has 0 radical (unpaired) electrons. The minimum absolute atomic E-state index is 0.0757. The zero-order valence-electron chi connectivity index (χ0n) is 8.57. The van der Waals surface area contributed by atoms with E-state index in [4.69, 9.17) is 9.15 Å². The van der Waals surface area contributed by atoms with Crippen LogP contribution in [0.2, 0.25) is 0 Å². The zero-order valence-corrected chi connectivity index (χ0v) is 8.57. The summed E-state index contributed by atoms with van der Waals surface area (Å²) in [6.07, 6.45) is 0.555. The van der Waals surface area contributed by atoms with Crippen molar-refractivity contribution < 1.29 is 18.3 Å². The fourth-order valence-corrected chi connectivity index (χ4v) is 1.25. The van der Waals surface area contributed by atoms with Crippen LogP contribution in [-0.2, 0) is 0 Å². The highest BCUT2D eigenvalue weighted by molar-refractivity contribution is 5.70. The predicted molar refractivity (Wildman–Crippen MR) is 55.3 cm³/mol. The van der Waals surface area contributed by atoms with Crippen LogP contribution in [0, 0.1) is 12.7 Å². The largest absolute Gasteiger partial charge is 0.423 e. The molecule has 0 fully saturated rings. The molecule has 0 spiro atoms. The first-order valence-corrected chi connectivity index (χ1v) is 4.68. The van der Waals surface area contributed by atoms with Crippen LogP contribution in [0.5, 0.6) is 11.7 Å². The number of ether oxygens (including phenoxy) is 1. The summed E-state index contributed by atoms with van der Waals surface area (Å²) in [5.74, 6) is -0.170. The van der Waals surface area contributed by atoms with Crippen LogP contribution >= 0.6 is 0 Å². The number of halogens is 1. The Morgan fingerprint density at radius 2 is 2.12 bits per heavy atom. The van der Waals surface area contributed by atoms with E-state index in [1.54, 1.807) is 12.1 Å². The Balaban J connectivity index is 2.26. The summed E-state index contributed by atoms with van der Waals surface area (Å²) in [6, 6.07) is 7.43. The molecule has 0 bridgehead atoms. The molecule has 1 heterocycles. The normalized spacial score (nSPS) is 10.1. The summed E-state index contributed by atoms with van der Waals surface area (Å²) in [7, 11) is 0. The fraction of sp³-hybridized carbons (Fsp3) is 0.0833. The third kappa shape index (κ3) is 2.11. The van der Waals surface area contributed by atoms with Crippen molar-refractivity contribution in [1.82, 2.24) is 0 Å². The molecule has 0 atom stereocenters. The predicted octanol–water partition coefficient (Wildman–Crippen LogP) is 3.33. The molecule has 4 heteroatoms. The number of rotatable bonds is 3. The number of aldehydes is 1. The molecule has 0 aliphatic rings. The van der Waals surface area contributed by atoms with Crippen molar-refractivity contribution in [1.29, 1.82) is 0 Å². The number of furan rings is 1. The molecule has 82 valence electrons. The Bertz CT molecular complexity index is 517. The lowest BCUT2D eigenvalue weighted by atomic mass is 10.2. The molecule has 1 aromatic heterocycles. The minimum Gasteiger partial charge on any atom is -0.423 e. The van der Waals surface area contributed by atoms with Crippen molar-refractivity contribution in [2.45, 2.75) is 6.92 Å². The second kappa shape index (κ2) is 4.18.